The first-order chi connectivity index (χ1) is 9.00. The van der Waals surface area contributed by atoms with Gasteiger partial charge in [-0.3, -0.25) is 0 Å². The molecule has 19 heavy (non-hydrogen) atoms. The monoisotopic (exact) mass is 298 g/mol. The third kappa shape index (κ3) is 1.78. The van der Waals surface area contributed by atoms with Gasteiger partial charge in [-0.15, -0.1) is 0 Å². The topological polar surface area (TPSA) is 106 Å². The first-order valence-corrected chi connectivity index (χ1v) is 6.98. The van der Waals surface area contributed by atoms with Crippen LogP contribution in [0.5, 0.6) is 0 Å². The van der Waals surface area contributed by atoms with E-state index in [0.29, 0.717) is 11.3 Å². The van der Waals surface area contributed by atoms with E-state index in [4.69, 9.17) is 11.6 Å². The molecule has 0 spiro atoms. The summed E-state index contributed by atoms with van der Waals surface area (Å²) in [5.41, 5.74) is 0.700. The first kappa shape index (κ1) is 12.1. The predicted octanol–water partition coefficient (Wildman–Crippen LogP) is 0.642. The number of H-pyrrole nitrogens is 1. The maximum Gasteiger partial charge on any atom is 0.260 e. The number of rotatable bonds is 2. The van der Waals surface area contributed by atoms with Gasteiger partial charge in [-0.05, 0) is 19.1 Å². The van der Waals surface area contributed by atoms with Gasteiger partial charge in [0.15, 0.2) is 10.7 Å². The van der Waals surface area contributed by atoms with Crippen LogP contribution in [0.3, 0.4) is 0 Å². The van der Waals surface area contributed by atoms with E-state index in [1.54, 1.807) is 13.0 Å². The fourth-order valence-corrected chi connectivity index (χ4v) is 3.20. The van der Waals surface area contributed by atoms with Crippen molar-refractivity contribution >= 4 is 27.1 Å². The van der Waals surface area contributed by atoms with Crippen molar-refractivity contribution in [1.29, 1.82) is 0 Å². The maximum absolute atomic E-state index is 12.4. The van der Waals surface area contributed by atoms with Gasteiger partial charge in [0, 0.05) is 0 Å². The Hall–Kier alpha value is -2.00. The molecule has 3 aromatic rings. The summed E-state index contributed by atoms with van der Waals surface area (Å²) < 4.78 is 26.0. The molecule has 3 heterocycles. The number of imidazole rings is 1. The molecule has 0 bridgehead atoms. The van der Waals surface area contributed by atoms with Gasteiger partial charge in [-0.1, -0.05) is 11.6 Å². The van der Waals surface area contributed by atoms with Crippen LogP contribution in [0.4, 0.5) is 0 Å². The minimum absolute atomic E-state index is 0.0817. The van der Waals surface area contributed by atoms with Crippen molar-refractivity contribution in [3.05, 3.63) is 29.3 Å². The summed E-state index contributed by atoms with van der Waals surface area (Å²) in [5, 5.41) is 9.63. The zero-order valence-electron chi connectivity index (χ0n) is 9.57. The number of fused-ring (bicyclic) bond motifs is 1. The molecule has 1 N–H and O–H groups in total. The molecule has 0 aliphatic carbocycles. The number of halogens is 1. The van der Waals surface area contributed by atoms with E-state index in [0.717, 1.165) is 6.33 Å². The van der Waals surface area contributed by atoms with Crippen LogP contribution in [0.1, 0.15) is 5.69 Å². The van der Waals surface area contributed by atoms with E-state index in [2.05, 4.69) is 25.3 Å². The third-order valence-corrected chi connectivity index (χ3v) is 4.35. The minimum atomic E-state index is -3.88. The zero-order chi connectivity index (χ0) is 13.6. The van der Waals surface area contributed by atoms with E-state index in [9.17, 15) is 8.42 Å². The summed E-state index contributed by atoms with van der Waals surface area (Å²) in [6, 6.07) is 3.12. The van der Waals surface area contributed by atoms with E-state index >= 15 is 0 Å². The number of hydrogen-bond donors (Lipinski definition) is 1. The number of aromatic amines is 1. The number of aryl methyl sites for hydroxylation is 1. The summed E-state index contributed by atoms with van der Waals surface area (Å²) >= 11 is 5.78. The number of hydrogen-bond acceptors (Lipinski definition) is 6. The molecule has 0 aliphatic rings. The average Bonchev–Trinajstić information content (AvgIpc) is 2.95. The summed E-state index contributed by atoms with van der Waals surface area (Å²) in [7, 11) is -3.88. The Kier molecular flexibility index (Phi) is 2.54. The predicted molar refractivity (Wildman–Crippen MR) is 64.6 cm³/mol. The fourth-order valence-electron chi connectivity index (χ4n) is 1.72. The number of nitrogens with zero attached hydrogens (tertiary/aromatic N) is 5. The minimum Gasteiger partial charge on any atom is -0.250 e. The van der Waals surface area contributed by atoms with Crippen LogP contribution in [0, 0.1) is 6.92 Å². The molecule has 10 heteroatoms. The summed E-state index contributed by atoms with van der Waals surface area (Å²) in [6.07, 6.45) is 1.12. The molecule has 0 unspecified atom stereocenters. The Bertz CT molecular complexity index is 854. The maximum atomic E-state index is 12.4. The van der Waals surface area contributed by atoms with Crippen molar-refractivity contribution in [2.24, 2.45) is 0 Å². The van der Waals surface area contributed by atoms with Crippen LogP contribution in [-0.2, 0) is 9.84 Å². The molecule has 0 aliphatic heterocycles. The Morgan fingerprint density at radius 2 is 2.16 bits per heavy atom. The second kappa shape index (κ2) is 4.00. The summed E-state index contributed by atoms with van der Waals surface area (Å²) in [4.78, 5) is 7.79. The lowest BCUT2D eigenvalue weighted by atomic mass is 10.6. The SMILES string of the molecule is Cc1nc2ccc(Cl)nn2c1S(=O)(=O)c1ncn[nH]1. The molecule has 0 radical (unpaired) electrons. The number of nitrogens with one attached hydrogen (secondary N) is 1. The molecule has 0 saturated heterocycles. The zero-order valence-corrected chi connectivity index (χ0v) is 11.1. The summed E-state index contributed by atoms with van der Waals surface area (Å²) in [5.74, 6) is 0. The van der Waals surface area contributed by atoms with Crippen LogP contribution in [-0.4, -0.2) is 38.2 Å². The third-order valence-electron chi connectivity index (χ3n) is 2.47. The van der Waals surface area contributed by atoms with E-state index in [1.165, 1.54) is 10.6 Å². The van der Waals surface area contributed by atoms with Crippen LogP contribution < -0.4 is 0 Å². The van der Waals surface area contributed by atoms with Crippen molar-refractivity contribution in [2.75, 3.05) is 0 Å². The molecule has 8 nitrogen and oxygen atoms in total. The van der Waals surface area contributed by atoms with Crippen molar-refractivity contribution < 1.29 is 8.42 Å². The molecule has 3 rings (SSSR count). The van der Waals surface area contributed by atoms with Crippen LogP contribution in [0.25, 0.3) is 5.65 Å². The Morgan fingerprint density at radius 1 is 1.37 bits per heavy atom. The van der Waals surface area contributed by atoms with E-state index < -0.39 is 9.84 Å². The fraction of sp³-hybridized carbons (Fsp3) is 0.111. The Labute approximate surface area is 112 Å². The largest absolute Gasteiger partial charge is 0.260 e. The molecular weight excluding hydrogens is 292 g/mol. The molecule has 3 aromatic heterocycles. The van der Waals surface area contributed by atoms with E-state index in [1.807, 2.05) is 0 Å². The standard InChI is InChI=1S/C9H7ClN6O2S/c1-5-8(19(17,18)9-11-4-12-14-9)16-7(13-5)3-2-6(10)15-16/h2-4H,1H3,(H,11,12,14). The van der Waals surface area contributed by atoms with Gasteiger partial charge in [0.2, 0.25) is 5.16 Å². The Morgan fingerprint density at radius 3 is 2.84 bits per heavy atom. The van der Waals surface area contributed by atoms with Crippen molar-refractivity contribution in [1.82, 2.24) is 29.8 Å². The van der Waals surface area contributed by atoms with Gasteiger partial charge < -0.3 is 0 Å². The lowest BCUT2D eigenvalue weighted by molar-refractivity contribution is 0.578. The highest BCUT2D eigenvalue weighted by Crippen LogP contribution is 2.22. The highest BCUT2D eigenvalue weighted by atomic mass is 35.5. The number of sulfone groups is 1. The highest BCUT2D eigenvalue weighted by Gasteiger charge is 2.28. The van der Waals surface area contributed by atoms with E-state index in [-0.39, 0.29) is 15.3 Å². The molecule has 0 amide bonds. The van der Waals surface area contributed by atoms with Crippen molar-refractivity contribution in [3.8, 4) is 0 Å². The molecule has 0 aromatic carbocycles. The van der Waals surface area contributed by atoms with Crippen molar-refractivity contribution in [2.45, 2.75) is 17.1 Å². The second-order valence-electron chi connectivity index (χ2n) is 3.72. The van der Waals surface area contributed by atoms with Crippen LogP contribution >= 0.6 is 11.6 Å². The average molecular weight is 299 g/mol. The first-order valence-electron chi connectivity index (χ1n) is 5.12. The quantitative estimate of drug-likeness (QED) is 0.744. The van der Waals surface area contributed by atoms with Gasteiger partial charge >= 0.3 is 0 Å². The van der Waals surface area contributed by atoms with Crippen LogP contribution in [0.2, 0.25) is 5.15 Å². The smallest absolute Gasteiger partial charge is 0.250 e. The molecular formula is C9H7ClN6O2S. The lowest BCUT2D eigenvalue weighted by Crippen LogP contribution is -2.10. The van der Waals surface area contributed by atoms with Crippen molar-refractivity contribution in [3.63, 3.8) is 0 Å². The number of aromatic nitrogens is 6. The highest BCUT2D eigenvalue weighted by molar-refractivity contribution is 7.91. The van der Waals surface area contributed by atoms with Gasteiger partial charge in [0.05, 0.1) is 5.69 Å². The van der Waals surface area contributed by atoms with Gasteiger partial charge in [-0.2, -0.15) is 10.2 Å². The molecule has 0 saturated carbocycles. The molecule has 98 valence electrons. The van der Waals surface area contributed by atoms with Gasteiger partial charge in [0.25, 0.3) is 9.84 Å². The van der Waals surface area contributed by atoms with Gasteiger partial charge in [0.1, 0.15) is 11.5 Å². The molecule has 0 fully saturated rings. The van der Waals surface area contributed by atoms with Gasteiger partial charge in [-0.25, -0.2) is 28.0 Å². The summed E-state index contributed by atoms with van der Waals surface area (Å²) in [6.45, 7) is 1.58. The molecule has 0 atom stereocenters. The Balaban J connectivity index is 2.37. The lowest BCUT2D eigenvalue weighted by Gasteiger charge is -2.01. The second-order valence-corrected chi connectivity index (χ2v) is 5.89. The van der Waals surface area contributed by atoms with Crippen LogP contribution in [0.15, 0.2) is 28.6 Å². The normalized spacial score (nSPS) is 12.1.